The molecule has 0 aliphatic heterocycles. The van der Waals surface area contributed by atoms with Gasteiger partial charge in [-0.2, -0.15) is 0 Å². The number of rotatable bonds is 7. The Balaban J connectivity index is 1.83. The van der Waals surface area contributed by atoms with Crippen LogP contribution in [0.3, 0.4) is 0 Å². The van der Waals surface area contributed by atoms with E-state index in [-0.39, 0.29) is 11.8 Å². The number of Topliss-reactive ketones (excluding diaryl/α,β-unsaturated/α-hetero) is 1. The number of hydrogen-bond acceptors (Lipinski definition) is 3. The molecule has 4 heteroatoms. The van der Waals surface area contributed by atoms with Crippen molar-refractivity contribution >= 4 is 23.1 Å². The highest BCUT2D eigenvalue weighted by Crippen LogP contribution is 2.26. The Hall–Kier alpha value is -2.78. The molecule has 1 unspecified atom stereocenters. The molecule has 3 rings (SSSR count). The van der Waals surface area contributed by atoms with Gasteiger partial charge in [0.2, 0.25) is 0 Å². The monoisotopic (exact) mass is 365 g/mol. The van der Waals surface area contributed by atoms with Crippen LogP contribution in [0.5, 0.6) is 5.75 Å². The molecule has 0 fully saturated rings. The Morgan fingerprint density at radius 2 is 1.62 bits per heavy atom. The van der Waals surface area contributed by atoms with Gasteiger partial charge in [-0.3, -0.25) is 4.79 Å². The second-order valence-corrected chi connectivity index (χ2v) is 6.41. The highest BCUT2D eigenvalue weighted by atomic mass is 35.5. The summed E-state index contributed by atoms with van der Waals surface area (Å²) < 4.78 is 5.20. The molecule has 3 aromatic carbocycles. The van der Waals surface area contributed by atoms with Crippen molar-refractivity contribution in [1.29, 1.82) is 0 Å². The van der Waals surface area contributed by atoms with Gasteiger partial charge >= 0.3 is 0 Å². The number of anilines is 1. The fourth-order valence-electron chi connectivity index (χ4n) is 2.76. The molecule has 132 valence electrons. The lowest BCUT2D eigenvalue weighted by Gasteiger charge is -2.20. The van der Waals surface area contributed by atoms with Crippen LogP contribution in [-0.4, -0.2) is 12.9 Å². The van der Waals surface area contributed by atoms with Crippen LogP contribution >= 0.6 is 11.6 Å². The SMILES string of the molecule is COc1ccc(NC(CC(=O)c2ccccc2)c2ccc(Cl)cc2)cc1. The van der Waals surface area contributed by atoms with E-state index in [1.54, 1.807) is 7.11 Å². The minimum atomic E-state index is -0.159. The fraction of sp³-hybridized carbons (Fsp3) is 0.136. The lowest BCUT2D eigenvalue weighted by Crippen LogP contribution is -2.15. The molecule has 0 saturated carbocycles. The van der Waals surface area contributed by atoms with Gasteiger partial charge in [0.25, 0.3) is 0 Å². The van der Waals surface area contributed by atoms with E-state index >= 15 is 0 Å². The van der Waals surface area contributed by atoms with E-state index in [1.807, 2.05) is 78.9 Å². The van der Waals surface area contributed by atoms with Crippen LogP contribution in [-0.2, 0) is 0 Å². The summed E-state index contributed by atoms with van der Waals surface area (Å²) in [6, 6.07) is 24.4. The van der Waals surface area contributed by atoms with Crippen LogP contribution in [0.4, 0.5) is 5.69 Å². The number of carbonyl (C=O) groups is 1. The molecule has 3 nitrogen and oxygen atoms in total. The molecule has 0 saturated heterocycles. The van der Waals surface area contributed by atoms with Crippen LogP contribution in [0.25, 0.3) is 0 Å². The summed E-state index contributed by atoms with van der Waals surface area (Å²) in [4.78, 5) is 12.7. The quantitative estimate of drug-likeness (QED) is 0.540. The highest BCUT2D eigenvalue weighted by molar-refractivity contribution is 6.30. The van der Waals surface area contributed by atoms with Gasteiger partial charge < -0.3 is 10.1 Å². The third-order valence-electron chi connectivity index (χ3n) is 4.19. The molecule has 1 atom stereocenters. The molecule has 0 aliphatic carbocycles. The summed E-state index contributed by atoms with van der Waals surface area (Å²) in [6.45, 7) is 0. The van der Waals surface area contributed by atoms with Crippen LogP contribution in [0, 0.1) is 0 Å². The third-order valence-corrected chi connectivity index (χ3v) is 4.44. The molecular formula is C22H20ClNO2. The Morgan fingerprint density at radius 1 is 0.962 bits per heavy atom. The van der Waals surface area contributed by atoms with E-state index in [0.29, 0.717) is 17.0 Å². The molecule has 0 aromatic heterocycles. The van der Waals surface area contributed by atoms with E-state index < -0.39 is 0 Å². The van der Waals surface area contributed by atoms with E-state index in [0.717, 1.165) is 17.0 Å². The van der Waals surface area contributed by atoms with Crippen LogP contribution in [0.15, 0.2) is 78.9 Å². The Bertz CT molecular complexity index is 846. The van der Waals surface area contributed by atoms with Gasteiger partial charge in [-0.15, -0.1) is 0 Å². The first-order valence-corrected chi connectivity index (χ1v) is 8.78. The Morgan fingerprint density at radius 3 is 2.23 bits per heavy atom. The lowest BCUT2D eigenvalue weighted by atomic mass is 9.97. The number of ether oxygens (including phenoxy) is 1. The first-order valence-electron chi connectivity index (χ1n) is 8.40. The average molecular weight is 366 g/mol. The van der Waals surface area contributed by atoms with Gasteiger partial charge in [0.15, 0.2) is 5.78 Å². The van der Waals surface area contributed by atoms with Gasteiger partial charge in [-0.25, -0.2) is 0 Å². The molecule has 3 aromatic rings. The largest absolute Gasteiger partial charge is 0.497 e. The van der Waals surface area contributed by atoms with Gasteiger partial charge in [-0.1, -0.05) is 54.1 Å². The average Bonchev–Trinajstić information content (AvgIpc) is 2.69. The van der Waals surface area contributed by atoms with Crippen molar-refractivity contribution in [2.75, 3.05) is 12.4 Å². The van der Waals surface area contributed by atoms with Crippen molar-refractivity contribution in [3.8, 4) is 5.75 Å². The van der Waals surface area contributed by atoms with E-state index in [1.165, 1.54) is 0 Å². The van der Waals surface area contributed by atoms with Crippen molar-refractivity contribution in [2.45, 2.75) is 12.5 Å². The molecule has 0 aliphatic rings. The number of hydrogen-bond donors (Lipinski definition) is 1. The van der Waals surface area contributed by atoms with Crippen molar-refractivity contribution in [1.82, 2.24) is 0 Å². The van der Waals surface area contributed by atoms with Crippen LogP contribution < -0.4 is 10.1 Å². The standard InChI is InChI=1S/C22H20ClNO2/c1-26-20-13-11-19(12-14-20)24-21(16-7-9-18(23)10-8-16)15-22(25)17-5-3-2-4-6-17/h2-14,21,24H,15H2,1H3. The van der Waals surface area contributed by atoms with Crippen LogP contribution in [0.2, 0.25) is 5.02 Å². The van der Waals surface area contributed by atoms with Crippen molar-refractivity contribution in [3.63, 3.8) is 0 Å². The number of halogens is 1. The van der Waals surface area contributed by atoms with E-state index in [9.17, 15) is 4.79 Å². The first-order chi connectivity index (χ1) is 12.7. The molecular weight excluding hydrogens is 346 g/mol. The van der Waals surface area contributed by atoms with Crippen molar-refractivity contribution < 1.29 is 9.53 Å². The number of nitrogens with one attached hydrogen (secondary N) is 1. The molecule has 0 heterocycles. The van der Waals surface area contributed by atoms with Crippen molar-refractivity contribution in [2.24, 2.45) is 0 Å². The van der Waals surface area contributed by atoms with Gasteiger partial charge in [-0.05, 0) is 42.0 Å². The summed E-state index contributed by atoms with van der Waals surface area (Å²) in [6.07, 6.45) is 0.345. The van der Waals surface area contributed by atoms with E-state index in [2.05, 4.69) is 5.32 Å². The summed E-state index contributed by atoms with van der Waals surface area (Å²) in [5, 5.41) is 4.12. The smallest absolute Gasteiger partial charge is 0.165 e. The summed E-state index contributed by atoms with van der Waals surface area (Å²) >= 11 is 6.01. The molecule has 0 bridgehead atoms. The molecule has 0 radical (unpaired) electrons. The second kappa shape index (κ2) is 8.54. The van der Waals surface area contributed by atoms with Gasteiger partial charge in [0, 0.05) is 22.7 Å². The number of carbonyl (C=O) groups excluding carboxylic acids is 1. The first kappa shape index (κ1) is 18.0. The highest BCUT2D eigenvalue weighted by Gasteiger charge is 2.17. The zero-order valence-electron chi connectivity index (χ0n) is 14.5. The van der Waals surface area contributed by atoms with E-state index in [4.69, 9.17) is 16.3 Å². The van der Waals surface area contributed by atoms with Gasteiger partial charge in [0.1, 0.15) is 5.75 Å². The Labute approximate surface area is 158 Å². The Kier molecular flexibility index (Phi) is 5.92. The second-order valence-electron chi connectivity index (χ2n) is 5.97. The maximum Gasteiger partial charge on any atom is 0.165 e. The normalized spacial score (nSPS) is 11.6. The number of benzene rings is 3. The molecule has 1 N–H and O–H groups in total. The summed E-state index contributed by atoms with van der Waals surface area (Å²) in [7, 11) is 1.64. The van der Waals surface area contributed by atoms with Crippen molar-refractivity contribution in [3.05, 3.63) is 95.0 Å². The minimum absolute atomic E-state index is 0.0894. The van der Waals surface area contributed by atoms with Crippen LogP contribution in [0.1, 0.15) is 28.4 Å². The summed E-state index contributed by atoms with van der Waals surface area (Å²) in [5.41, 5.74) is 2.64. The molecule has 26 heavy (non-hydrogen) atoms. The summed E-state index contributed by atoms with van der Waals surface area (Å²) in [5.74, 6) is 0.880. The topological polar surface area (TPSA) is 38.3 Å². The zero-order chi connectivity index (χ0) is 18.4. The molecule has 0 spiro atoms. The zero-order valence-corrected chi connectivity index (χ0v) is 15.2. The maximum absolute atomic E-state index is 12.7. The number of methoxy groups -OCH3 is 1. The fourth-order valence-corrected chi connectivity index (χ4v) is 2.89. The number of ketones is 1. The minimum Gasteiger partial charge on any atom is -0.497 e. The third kappa shape index (κ3) is 4.64. The van der Waals surface area contributed by atoms with Gasteiger partial charge in [0.05, 0.1) is 13.2 Å². The maximum atomic E-state index is 12.7. The molecule has 0 amide bonds. The predicted octanol–water partition coefficient (Wildman–Crippen LogP) is 5.77. The lowest BCUT2D eigenvalue weighted by molar-refractivity contribution is 0.0976. The predicted molar refractivity (Wildman–Crippen MR) is 106 cm³/mol.